The molecule has 12 heavy (non-hydrogen) atoms. The second-order valence-corrected chi connectivity index (χ2v) is 3.91. The summed E-state index contributed by atoms with van der Waals surface area (Å²) >= 11 is 5.97. The lowest BCUT2D eigenvalue weighted by atomic mass is 10.4. The average molecular weight is 203 g/mol. The Labute approximate surface area is 82.4 Å². The highest BCUT2D eigenvalue weighted by Gasteiger charge is 2.07. The lowest BCUT2D eigenvalue weighted by molar-refractivity contribution is 0.181. The van der Waals surface area contributed by atoms with E-state index >= 15 is 0 Å². The first-order chi connectivity index (χ1) is 5.81. The number of ether oxygens (including phenoxy) is 1. The third kappa shape index (κ3) is 2.21. The molecule has 0 fully saturated rings. The minimum absolute atomic E-state index is 0.604. The molecule has 0 unspecified atom stereocenters. The lowest BCUT2D eigenvalue weighted by Gasteiger charge is -1.95. The van der Waals surface area contributed by atoms with E-state index in [1.54, 1.807) is 18.4 Å². The molecule has 1 heterocycles. The number of hydrogen-bond donors (Lipinski definition) is 1. The highest BCUT2D eigenvalue weighted by Crippen LogP contribution is 2.21. The number of thiazole rings is 1. The predicted molar refractivity (Wildman–Crippen MR) is 54.9 cm³/mol. The van der Waals surface area contributed by atoms with E-state index in [4.69, 9.17) is 4.74 Å². The van der Waals surface area contributed by atoms with Crippen LogP contribution < -0.4 is 0 Å². The van der Waals surface area contributed by atoms with E-state index in [0.29, 0.717) is 6.61 Å². The molecule has 4 heteroatoms. The van der Waals surface area contributed by atoms with Crippen LogP contribution in [0.5, 0.6) is 0 Å². The summed E-state index contributed by atoms with van der Waals surface area (Å²) in [5, 5.41) is 1.17. The Balaban J connectivity index is 2.84. The van der Waals surface area contributed by atoms with Crippen LogP contribution in [-0.4, -0.2) is 12.1 Å². The Bertz CT molecular complexity index is 247. The molecule has 0 aliphatic heterocycles. The first kappa shape index (κ1) is 10.0. The summed E-state index contributed by atoms with van der Waals surface area (Å²) in [6, 6.07) is 0. The van der Waals surface area contributed by atoms with Crippen molar-refractivity contribution in [3.8, 4) is 0 Å². The normalized spacial score (nSPS) is 10.6. The van der Waals surface area contributed by atoms with Crippen molar-refractivity contribution in [2.45, 2.75) is 25.7 Å². The molecule has 0 N–H and O–H groups in total. The van der Waals surface area contributed by atoms with Crippen molar-refractivity contribution in [1.82, 2.24) is 4.98 Å². The lowest BCUT2D eigenvalue weighted by Crippen LogP contribution is -1.91. The Morgan fingerprint density at radius 3 is 2.83 bits per heavy atom. The number of hydrogen-bond acceptors (Lipinski definition) is 4. The van der Waals surface area contributed by atoms with E-state index in [-0.39, 0.29) is 0 Å². The van der Waals surface area contributed by atoms with Crippen molar-refractivity contribution in [3.05, 3.63) is 15.6 Å². The van der Waals surface area contributed by atoms with Crippen LogP contribution in [-0.2, 0) is 23.5 Å². The average Bonchev–Trinajstić information content (AvgIpc) is 2.48. The maximum absolute atomic E-state index is 5.04. The summed E-state index contributed by atoms with van der Waals surface area (Å²) in [5.41, 5.74) is 1.05. The van der Waals surface area contributed by atoms with Gasteiger partial charge in [-0.15, -0.1) is 11.3 Å². The van der Waals surface area contributed by atoms with Crippen LogP contribution in [0.3, 0.4) is 0 Å². The number of nitrogens with zero attached hydrogens (tertiary/aromatic N) is 1. The van der Waals surface area contributed by atoms with Crippen LogP contribution in [0, 0.1) is 0 Å². The van der Waals surface area contributed by atoms with Gasteiger partial charge in [0.2, 0.25) is 0 Å². The summed E-state index contributed by atoms with van der Waals surface area (Å²) in [6.45, 7) is 2.71. The van der Waals surface area contributed by atoms with E-state index in [2.05, 4.69) is 24.5 Å². The second-order valence-electron chi connectivity index (χ2n) is 2.42. The first-order valence-electron chi connectivity index (χ1n) is 3.89. The fraction of sp³-hybridized carbons (Fsp3) is 0.625. The third-order valence-electron chi connectivity index (χ3n) is 1.55. The van der Waals surface area contributed by atoms with E-state index in [0.717, 1.165) is 17.9 Å². The van der Waals surface area contributed by atoms with Gasteiger partial charge in [-0.2, -0.15) is 12.6 Å². The Hall–Kier alpha value is -0.0600. The largest absolute Gasteiger partial charge is 0.378 e. The van der Waals surface area contributed by atoms with Gasteiger partial charge in [0.25, 0.3) is 0 Å². The summed E-state index contributed by atoms with van der Waals surface area (Å²) in [6.07, 6.45) is 0.995. The highest BCUT2D eigenvalue weighted by atomic mass is 32.1. The molecule has 2 nitrogen and oxygen atoms in total. The molecule has 0 aliphatic carbocycles. The topological polar surface area (TPSA) is 22.1 Å². The van der Waals surface area contributed by atoms with Crippen LogP contribution >= 0.6 is 24.0 Å². The van der Waals surface area contributed by atoms with Gasteiger partial charge in [-0.25, -0.2) is 4.98 Å². The van der Waals surface area contributed by atoms with Crippen molar-refractivity contribution in [2.24, 2.45) is 0 Å². The van der Waals surface area contributed by atoms with Gasteiger partial charge < -0.3 is 4.74 Å². The fourth-order valence-electron chi connectivity index (χ4n) is 0.961. The molecule has 0 saturated carbocycles. The minimum atomic E-state index is 0.604. The number of thiol groups is 1. The zero-order chi connectivity index (χ0) is 8.97. The third-order valence-corrected chi connectivity index (χ3v) is 3.32. The van der Waals surface area contributed by atoms with Crippen molar-refractivity contribution in [2.75, 3.05) is 7.11 Å². The Morgan fingerprint density at radius 1 is 1.58 bits per heavy atom. The summed E-state index contributed by atoms with van der Waals surface area (Å²) < 4.78 is 5.04. The van der Waals surface area contributed by atoms with Crippen LogP contribution in [0.25, 0.3) is 0 Å². The van der Waals surface area contributed by atoms with Gasteiger partial charge in [-0.3, -0.25) is 0 Å². The van der Waals surface area contributed by atoms with Crippen molar-refractivity contribution in [1.29, 1.82) is 0 Å². The van der Waals surface area contributed by atoms with Crippen molar-refractivity contribution in [3.63, 3.8) is 0 Å². The monoisotopic (exact) mass is 203 g/mol. The number of rotatable bonds is 4. The van der Waals surface area contributed by atoms with E-state index in [9.17, 15) is 0 Å². The molecule has 1 aromatic rings. The Kier molecular flexibility index (Phi) is 4.05. The molecule has 1 rings (SSSR count). The van der Waals surface area contributed by atoms with Crippen LogP contribution in [0.15, 0.2) is 0 Å². The summed E-state index contributed by atoms with van der Waals surface area (Å²) in [7, 11) is 1.69. The van der Waals surface area contributed by atoms with Gasteiger partial charge in [-0.1, -0.05) is 6.92 Å². The van der Waals surface area contributed by atoms with Gasteiger partial charge >= 0.3 is 0 Å². The summed E-state index contributed by atoms with van der Waals surface area (Å²) in [5.74, 6) is 0.760. The molecule has 68 valence electrons. The zero-order valence-corrected chi connectivity index (χ0v) is 9.04. The molecule has 0 aromatic carbocycles. The molecular formula is C8H13NOS2. The summed E-state index contributed by atoms with van der Waals surface area (Å²) in [4.78, 5) is 5.67. The number of aromatic nitrogens is 1. The standard InChI is InChI=1S/C8H13NOS2/c1-3-8-9-6(4-10-2)7(5-11)12-8/h11H,3-5H2,1-2H3. The van der Waals surface area contributed by atoms with Gasteiger partial charge in [0, 0.05) is 17.7 Å². The van der Waals surface area contributed by atoms with E-state index < -0.39 is 0 Å². The SMILES string of the molecule is CCc1nc(COC)c(CS)s1. The predicted octanol–water partition coefficient (Wildman–Crippen LogP) is 2.28. The van der Waals surface area contributed by atoms with Crippen LogP contribution in [0.4, 0.5) is 0 Å². The second kappa shape index (κ2) is 4.84. The van der Waals surface area contributed by atoms with E-state index in [1.807, 2.05) is 0 Å². The van der Waals surface area contributed by atoms with Crippen LogP contribution in [0.2, 0.25) is 0 Å². The number of methoxy groups -OCH3 is 1. The zero-order valence-electron chi connectivity index (χ0n) is 7.33. The maximum Gasteiger partial charge on any atom is 0.0929 e. The maximum atomic E-state index is 5.04. The minimum Gasteiger partial charge on any atom is -0.378 e. The van der Waals surface area contributed by atoms with Crippen molar-refractivity contribution < 1.29 is 4.74 Å². The van der Waals surface area contributed by atoms with E-state index in [1.165, 1.54) is 9.88 Å². The molecule has 0 saturated heterocycles. The van der Waals surface area contributed by atoms with Gasteiger partial charge in [0.05, 0.1) is 17.3 Å². The van der Waals surface area contributed by atoms with Crippen LogP contribution in [0.1, 0.15) is 22.5 Å². The molecule has 0 bridgehead atoms. The fourth-order valence-corrected chi connectivity index (χ4v) is 2.21. The molecule has 0 spiro atoms. The highest BCUT2D eigenvalue weighted by molar-refractivity contribution is 7.79. The first-order valence-corrected chi connectivity index (χ1v) is 5.34. The van der Waals surface area contributed by atoms with Crippen molar-refractivity contribution >= 4 is 24.0 Å². The molecule has 0 atom stereocenters. The smallest absolute Gasteiger partial charge is 0.0929 e. The number of aryl methyl sites for hydroxylation is 1. The molecule has 0 aliphatic rings. The Morgan fingerprint density at radius 2 is 2.33 bits per heavy atom. The van der Waals surface area contributed by atoms with Gasteiger partial charge in [0.15, 0.2) is 0 Å². The van der Waals surface area contributed by atoms with Gasteiger partial charge in [-0.05, 0) is 6.42 Å². The molecular weight excluding hydrogens is 190 g/mol. The molecule has 0 radical (unpaired) electrons. The quantitative estimate of drug-likeness (QED) is 0.758. The molecule has 0 amide bonds. The van der Waals surface area contributed by atoms with Gasteiger partial charge in [0.1, 0.15) is 0 Å². The molecule has 1 aromatic heterocycles.